The first-order valence-corrected chi connectivity index (χ1v) is 3.45. The Balaban J connectivity index is 2.60. The molecule has 11 heavy (non-hydrogen) atoms. The fraction of sp³-hybridized carbons (Fsp3) is 0.250. The molecule has 1 aliphatic rings. The number of rotatable bonds is 0. The minimum Gasteiger partial charge on any atom is -0.453 e. The Morgan fingerprint density at radius 2 is 2.45 bits per heavy atom. The molecule has 0 radical (unpaired) electrons. The molecule has 1 atom stereocenters. The highest BCUT2D eigenvalue weighted by molar-refractivity contribution is 5.91. The highest BCUT2D eigenvalue weighted by atomic mass is 16.5. The van der Waals surface area contributed by atoms with Crippen LogP contribution >= 0.6 is 0 Å². The first kappa shape index (κ1) is 6.34. The van der Waals surface area contributed by atoms with E-state index < -0.39 is 0 Å². The Morgan fingerprint density at radius 3 is 3.18 bits per heavy atom. The molecule has 3 nitrogen and oxygen atoms in total. The maximum atomic E-state index is 11.0. The third-order valence-corrected chi connectivity index (χ3v) is 1.75. The molecule has 3 heteroatoms. The molecule has 2 heterocycles. The number of carbonyl (C=O) groups excluding carboxylic acids is 1. The number of fused-ring (bicyclic) bond motifs is 1. The number of cyclic esters (lactones) is 1. The first-order valence-electron chi connectivity index (χ1n) is 3.45. The minimum absolute atomic E-state index is 0.133. The number of ether oxygens (including phenoxy) is 1. The number of hydrogen-bond acceptors (Lipinski definition) is 3. The van der Waals surface area contributed by atoms with Gasteiger partial charge in [0.2, 0.25) is 0 Å². The highest BCUT2D eigenvalue weighted by Gasteiger charge is 2.28. The lowest BCUT2D eigenvalue weighted by molar-refractivity contribution is 0.0418. The van der Waals surface area contributed by atoms with Crippen LogP contribution in [-0.4, -0.2) is 11.0 Å². The fourth-order valence-electron chi connectivity index (χ4n) is 1.20. The van der Waals surface area contributed by atoms with Gasteiger partial charge < -0.3 is 4.74 Å². The zero-order chi connectivity index (χ0) is 7.84. The largest absolute Gasteiger partial charge is 0.453 e. The van der Waals surface area contributed by atoms with Gasteiger partial charge in [-0.25, -0.2) is 9.78 Å². The van der Waals surface area contributed by atoms with Crippen LogP contribution in [0.1, 0.15) is 29.1 Å². The molecule has 0 saturated heterocycles. The van der Waals surface area contributed by atoms with Crippen LogP contribution < -0.4 is 0 Å². The Bertz CT molecular complexity index is 309. The number of carbonyl (C=O) groups is 1. The average molecular weight is 149 g/mol. The van der Waals surface area contributed by atoms with Crippen LogP contribution in [0.3, 0.4) is 0 Å². The van der Waals surface area contributed by atoms with Gasteiger partial charge in [0.1, 0.15) is 6.10 Å². The zero-order valence-electron chi connectivity index (χ0n) is 6.07. The molecule has 56 valence electrons. The fourth-order valence-corrected chi connectivity index (χ4v) is 1.20. The van der Waals surface area contributed by atoms with E-state index in [0.717, 1.165) is 5.56 Å². The molecule has 0 amide bonds. The second-order valence-corrected chi connectivity index (χ2v) is 2.49. The number of pyridine rings is 1. The first-order chi connectivity index (χ1) is 5.29. The summed E-state index contributed by atoms with van der Waals surface area (Å²) in [4.78, 5) is 14.9. The number of nitrogens with zero attached hydrogens (tertiary/aromatic N) is 1. The normalized spacial score (nSPS) is 21.2. The third-order valence-electron chi connectivity index (χ3n) is 1.75. The molecule has 1 aliphatic heterocycles. The van der Waals surface area contributed by atoms with Crippen molar-refractivity contribution < 1.29 is 9.53 Å². The molecule has 1 aromatic heterocycles. The summed E-state index contributed by atoms with van der Waals surface area (Å²) < 4.78 is 4.93. The predicted molar refractivity (Wildman–Crippen MR) is 38.1 cm³/mol. The summed E-state index contributed by atoms with van der Waals surface area (Å²) in [5.74, 6) is -0.312. The Hall–Kier alpha value is -1.38. The summed E-state index contributed by atoms with van der Waals surface area (Å²) in [5.41, 5.74) is 1.34. The molecule has 2 rings (SSSR count). The molecule has 0 bridgehead atoms. The molecule has 0 spiro atoms. The average Bonchev–Trinajstić information content (AvgIpc) is 2.30. The van der Waals surface area contributed by atoms with Crippen molar-refractivity contribution in [1.29, 1.82) is 0 Å². The van der Waals surface area contributed by atoms with E-state index in [4.69, 9.17) is 4.74 Å². The monoisotopic (exact) mass is 149 g/mol. The van der Waals surface area contributed by atoms with Crippen LogP contribution in [0.25, 0.3) is 0 Å². The van der Waals surface area contributed by atoms with Crippen molar-refractivity contribution in [1.82, 2.24) is 4.98 Å². The molecule has 0 aromatic carbocycles. The number of aromatic nitrogens is 1. The maximum Gasteiger partial charge on any atom is 0.357 e. The van der Waals surface area contributed by atoms with Gasteiger partial charge >= 0.3 is 5.97 Å². The van der Waals surface area contributed by atoms with Crippen molar-refractivity contribution in [3.8, 4) is 0 Å². The molecule has 1 aromatic rings. The van der Waals surface area contributed by atoms with Gasteiger partial charge in [-0.05, 0) is 13.0 Å². The van der Waals surface area contributed by atoms with Gasteiger partial charge in [0.25, 0.3) is 0 Å². The Labute approximate surface area is 64.0 Å². The van der Waals surface area contributed by atoms with E-state index in [9.17, 15) is 4.79 Å². The standard InChI is InChI=1S/C8H7NO2/c1-5-6-3-2-4-9-7(6)8(10)11-5/h2-5H,1H3/t5-/m1/s1. The topological polar surface area (TPSA) is 39.2 Å². The zero-order valence-corrected chi connectivity index (χ0v) is 6.07. The van der Waals surface area contributed by atoms with Crippen LogP contribution in [-0.2, 0) is 4.74 Å². The van der Waals surface area contributed by atoms with Crippen LogP contribution in [0.5, 0.6) is 0 Å². The van der Waals surface area contributed by atoms with Gasteiger partial charge in [-0.1, -0.05) is 6.07 Å². The number of hydrogen-bond donors (Lipinski definition) is 0. The van der Waals surface area contributed by atoms with Crippen molar-refractivity contribution in [2.24, 2.45) is 0 Å². The summed E-state index contributed by atoms with van der Waals surface area (Å²) >= 11 is 0. The van der Waals surface area contributed by atoms with Crippen LogP contribution in [0.2, 0.25) is 0 Å². The van der Waals surface area contributed by atoms with Gasteiger partial charge in [-0.3, -0.25) is 0 Å². The SMILES string of the molecule is C[C@H]1OC(=O)c2ncccc21. The lowest BCUT2D eigenvalue weighted by Gasteiger charge is -1.99. The van der Waals surface area contributed by atoms with Gasteiger partial charge in [0.05, 0.1) is 0 Å². The van der Waals surface area contributed by atoms with Crippen molar-refractivity contribution >= 4 is 5.97 Å². The van der Waals surface area contributed by atoms with Crippen LogP contribution in [0.4, 0.5) is 0 Å². The van der Waals surface area contributed by atoms with Gasteiger partial charge in [-0.2, -0.15) is 0 Å². The summed E-state index contributed by atoms with van der Waals surface area (Å²) in [6, 6.07) is 3.66. The lowest BCUT2D eigenvalue weighted by atomic mass is 10.1. The second kappa shape index (κ2) is 2.05. The molecular weight excluding hydrogens is 142 g/mol. The molecular formula is C8H7NO2. The van der Waals surface area contributed by atoms with E-state index in [1.54, 1.807) is 12.3 Å². The van der Waals surface area contributed by atoms with Crippen molar-refractivity contribution in [2.75, 3.05) is 0 Å². The van der Waals surface area contributed by atoms with E-state index in [1.165, 1.54) is 0 Å². The van der Waals surface area contributed by atoms with E-state index in [2.05, 4.69) is 4.98 Å². The van der Waals surface area contributed by atoms with Crippen LogP contribution in [0, 0.1) is 0 Å². The molecule has 0 aliphatic carbocycles. The number of esters is 1. The van der Waals surface area contributed by atoms with Crippen LogP contribution in [0.15, 0.2) is 18.3 Å². The van der Waals surface area contributed by atoms with E-state index in [0.29, 0.717) is 5.69 Å². The lowest BCUT2D eigenvalue weighted by Crippen LogP contribution is -1.96. The third kappa shape index (κ3) is 0.808. The van der Waals surface area contributed by atoms with Gasteiger partial charge in [0, 0.05) is 11.8 Å². The summed E-state index contributed by atoms with van der Waals surface area (Å²) in [6.07, 6.45) is 1.46. The summed E-state index contributed by atoms with van der Waals surface area (Å²) in [5, 5.41) is 0. The van der Waals surface area contributed by atoms with Crippen molar-refractivity contribution in [3.63, 3.8) is 0 Å². The Kier molecular flexibility index (Phi) is 1.18. The van der Waals surface area contributed by atoms with E-state index in [-0.39, 0.29) is 12.1 Å². The molecule has 0 saturated carbocycles. The quantitative estimate of drug-likeness (QED) is 0.522. The summed E-state index contributed by atoms with van der Waals surface area (Å²) in [6.45, 7) is 1.84. The highest BCUT2D eigenvalue weighted by Crippen LogP contribution is 2.27. The van der Waals surface area contributed by atoms with Gasteiger partial charge in [0.15, 0.2) is 5.69 Å². The molecule has 0 N–H and O–H groups in total. The van der Waals surface area contributed by atoms with Gasteiger partial charge in [-0.15, -0.1) is 0 Å². The minimum atomic E-state index is -0.312. The Morgan fingerprint density at radius 1 is 1.64 bits per heavy atom. The second-order valence-electron chi connectivity index (χ2n) is 2.49. The van der Waals surface area contributed by atoms with E-state index in [1.807, 2.05) is 13.0 Å². The molecule has 0 fully saturated rings. The maximum absolute atomic E-state index is 11.0. The molecule has 0 unspecified atom stereocenters. The van der Waals surface area contributed by atoms with Crippen molar-refractivity contribution in [3.05, 3.63) is 29.6 Å². The van der Waals surface area contributed by atoms with Crippen molar-refractivity contribution in [2.45, 2.75) is 13.0 Å². The summed E-state index contributed by atoms with van der Waals surface area (Å²) in [7, 11) is 0. The predicted octanol–water partition coefficient (Wildman–Crippen LogP) is 1.31. The smallest absolute Gasteiger partial charge is 0.357 e. The van der Waals surface area contributed by atoms with E-state index >= 15 is 0 Å².